The van der Waals surface area contributed by atoms with Crippen LogP contribution in [0.4, 0.5) is 4.39 Å². The van der Waals surface area contributed by atoms with E-state index >= 15 is 0 Å². The highest BCUT2D eigenvalue weighted by Crippen LogP contribution is 2.25. The van der Waals surface area contributed by atoms with Gasteiger partial charge in [0.1, 0.15) is 0 Å². The SMILES string of the molecule is CCC(Cc1cccc(F)c1OC)C(=O)O. The van der Waals surface area contributed by atoms with Gasteiger partial charge in [-0.15, -0.1) is 0 Å². The molecule has 0 heterocycles. The third kappa shape index (κ3) is 2.72. The maximum absolute atomic E-state index is 13.3. The Morgan fingerprint density at radius 1 is 1.56 bits per heavy atom. The summed E-state index contributed by atoms with van der Waals surface area (Å²) in [5.41, 5.74) is 0.594. The van der Waals surface area contributed by atoms with Crippen molar-refractivity contribution in [2.75, 3.05) is 7.11 Å². The van der Waals surface area contributed by atoms with Gasteiger partial charge in [0.25, 0.3) is 0 Å². The Labute approximate surface area is 93.9 Å². The minimum atomic E-state index is -0.867. The van der Waals surface area contributed by atoms with Gasteiger partial charge in [0.05, 0.1) is 13.0 Å². The van der Waals surface area contributed by atoms with Crippen LogP contribution in [0.3, 0.4) is 0 Å². The quantitative estimate of drug-likeness (QED) is 0.839. The standard InChI is InChI=1S/C12H15FO3/c1-3-8(12(14)15)7-9-5-4-6-10(13)11(9)16-2/h4-6,8H,3,7H2,1-2H3,(H,14,15). The van der Waals surface area contributed by atoms with Gasteiger partial charge < -0.3 is 9.84 Å². The first-order valence-electron chi connectivity index (χ1n) is 5.14. The molecule has 0 aliphatic heterocycles. The molecule has 16 heavy (non-hydrogen) atoms. The highest BCUT2D eigenvalue weighted by atomic mass is 19.1. The highest BCUT2D eigenvalue weighted by Gasteiger charge is 2.19. The molecule has 4 heteroatoms. The van der Waals surface area contributed by atoms with Gasteiger partial charge in [-0.2, -0.15) is 0 Å². The van der Waals surface area contributed by atoms with Gasteiger partial charge in [0.15, 0.2) is 11.6 Å². The fourth-order valence-corrected chi connectivity index (χ4v) is 1.61. The van der Waals surface area contributed by atoms with Crippen molar-refractivity contribution in [3.05, 3.63) is 29.6 Å². The molecular formula is C12H15FO3. The fourth-order valence-electron chi connectivity index (χ4n) is 1.61. The number of carboxylic acids is 1. The summed E-state index contributed by atoms with van der Waals surface area (Å²) >= 11 is 0. The molecule has 0 saturated heterocycles. The Balaban J connectivity index is 2.95. The lowest BCUT2D eigenvalue weighted by Gasteiger charge is -2.13. The number of hydrogen-bond donors (Lipinski definition) is 1. The third-order valence-electron chi connectivity index (χ3n) is 2.56. The van der Waals surface area contributed by atoms with Crippen LogP contribution in [-0.2, 0) is 11.2 Å². The third-order valence-corrected chi connectivity index (χ3v) is 2.56. The van der Waals surface area contributed by atoms with E-state index in [0.29, 0.717) is 12.0 Å². The predicted molar refractivity (Wildman–Crippen MR) is 58.1 cm³/mol. The molecule has 1 aromatic carbocycles. The molecule has 88 valence electrons. The molecule has 0 spiro atoms. The number of aliphatic carboxylic acids is 1. The summed E-state index contributed by atoms with van der Waals surface area (Å²) in [5.74, 6) is -1.69. The average Bonchev–Trinajstić information content (AvgIpc) is 2.25. The Kier molecular flexibility index (Phi) is 4.28. The summed E-state index contributed by atoms with van der Waals surface area (Å²) in [6, 6.07) is 4.54. The van der Waals surface area contributed by atoms with Crippen LogP contribution in [0.15, 0.2) is 18.2 Å². The molecule has 0 aliphatic rings. The molecule has 0 saturated carbocycles. The first-order valence-corrected chi connectivity index (χ1v) is 5.14. The van der Waals surface area contributed by atoms with Gasteiger partial charge in [-0.25, -0.2) is 4.39 Å². The lowest BCUT2D eigenvalue weighted by Crippen LogP contribution is -2.16. The fraction of sp³-hybridized carbons (Fsp3) is 0.417. The summed E-state index contributed by atoms with van der Waals surface area (Å²) in [6.07, 6.45) is 0.793. The molecular weight excluding hydrogens is 211 g/mol. The van der Waals surface area contributed by atoms with Crippen LogP contribution in [0.1, 0.15) is 18.9 Å². The van der Waals surface area contributed by atoms with Crippen LogP contribution >= 0.6 is 0 Å². The number of ether oxygens (including phenoxy) is 1. The topological polar surface area (TPSA) is 46.5 Å². The van der Waals surface area contributed by atoms with Crippen LogP contribution in [0.5, 0.6) is 5.75 Å². The second-order valence-electron chi connectivity index (χ2n) is 3.58. The molecule has 0 amide bonds. The average molecular weight is 226 g/mol. The van der Waals surface area contributed by atoms with Gasteiger partial charge in [-0.3, -0.25) is 4.79 Å². The molecule has 0 bridgehead atoms. The summed E-state index contributed by atoms with van der Waals surface area (Å²) in [6.45, 7) is 1.80. The van der Waals surface area contributed by atoms with Crippen LogP contribution < -0.4 is 4.74 Å². The smallest absolute Gasteiger partial charge is 0.306 e. The summed E-state index contributed by atoms with van der Waals surface area (Å²) in [5, 5.41) is 8.93. The Morgan fingerprint density at radius 3 is 2.75 bits per heavy atom. The maximum Gasteiger partial charge on any atom is 0.306 e. The molecule has 0 fully saturated rings. The normalized spacial score (nSPS) is 12.2. The van der Waals surface area contributed by atoms with Gasteiger partial charge in [-0.1, -0.05) is 19.1 Å². The van der Waals surface area contributed by atoms with E-state index in [4.69, 9.17) is 9.84 Å². The number of para-hydroxylation sites is 1. The number of halogens is 1. The number of carboxylic acid groups (broad SMARTS) is 1. The van der Waals surface area contributed by atoms with E-state index in [1.165, 1.54) is 13.2 Å². The van der Waals surface area contributed by atoms with Crippen LogP contribution in [-0.4, -0.2) is 18.2 Å². The Bertz CT molecular complexity index is 377. The number of methoxy groups -OCH3 is 1. The zero-order valence-electron chi connectivity index (χ0n) is 9.37. The molecule has 0 aromatic heterocycles. The lowest BCUT2D eigenvalue weighted by molar-refractivity contribution is -0.141. The first-order chi connectivity index (χ1) is 7.60. The minimum Gasteiger partial charge on any atom is -0.493 e. The maximum atomic E-state index is 13.3. The number of rotatable bonds is 5. The van der Waals surface area contributed by atoms with Gasteiger partial charge in [0.2, 0.25) is 0 Å². The molecule has 1 N–H and O–H groups in total. The van der Waals surface area contributed by atoms with Crippen molar-refractivity contribution in [1.82, 2.24) is 0 Å². The summed E-state index contributed by atoms with van der Waals surface area (Å²) in [7, 11) is 1.38. The minimum absolute atomic E-state index is 0.141. The van der Waals surface area contributed by atoms with Crippen molar-refractivity contribution in [3.8, 4) is 5.75 Å². The number of hydrogen-bond acceptors (Lipinski definition) is 2. The Morgan fingerprint density at radius 2 is 2.25 bits per heavy atom. The molecule has 1 unspecified atom stereocenters. The van der Waals surface area contributed by atoms with E-state index in [0.717, 1.165) is 0 Å². The number of carbonyl (C=O) groups is 1. The van der Waals surface area contributed by atoms with Gasteiger partial charge in [0, 0.05) is 0 Å². The molecule has 3 nitrogen and oxygen atoms in total. The second kappa shape index (κ2) is 5.49. The van der Waals surface area contributed by atoms with Gasteiger partial charge >= 0.3 is 5.97 Å². The van der Waals surface area contributed by atoms with Crippen molar-refractivity contribution < 1.29 is 19.0 Å². The first kappa shape index (κ1) is 12.5. The van der Waals surface area contributed by atoms with E-state index in [9.17, 15) is 9.18 Å². The second-order valence-corrected chi connectivity index (χ2v) is 3.58. The monoisotopic (exact) mass is 226 g/mol. The highest BCUT2D eigenvalue weighted by molar-refractivity contribution is 5.70. The lowest BCUT2D eigenvalue weighted by atomic mass is 9.96. The van der Waals surface area contributed by atoms with Gasteiger partial charge in [-0.05, 0) is 24.5 Å². The van der Waals surface area contributed by atoms with Crippen LogP contribution in [0.2, 0.25) is 0 Å². The summed E-state index contributed by atoms with van der Waals surface area (Å²) < 4.78 is 18.3. The van der Waals surface area contributed by atoms with E-state index in [1.807, 2.05) is 0 Å². The van der Waals surface area contributed by atoms with Crippen molar-refractivity contribution in [3.63, 3.8) is 0 Å². The largest absolute Gasteiger partial charge is 0.493 e. The van der Waals surface area contributed by atoms with E-state index < -0.39 is 17.7 Å². The molecule has 0 radical (unpaired) electrons. The van der Waals surface area contributed by atoms with Crippen molar-refractivity contribution in [2.24, 2.45) is 5.92 Å². The Hall–Kier alpha value is -1.58. The van der Waals surface area contributed by atoms with Crippen LogP contribution in [0, 0.1) is 11.7 Å². The summed E-state index contributed by atoms with van der Waals surface area (Å²) in [4.78, 5) is 10.9. The van der Waals surface area contributed by atoms with E-state index in [1.54, 1.807) is 19.1 Å². The molecule has 1 atom stereocenters. The van der Waals surface area contributed by atoms with Crippen molar-refractivity contribution in [2.45, 2.75) is 19.8 Å². The van der Waals surface area contributed by atoms with Crippen LogP contribution in [0.25, 0.3) is 0 Å². The zero-order valence-corrected chi connectivity index (χ0v) is 9.37. The number of benzene rings is 1. The van der Waals surface area contributed by atoms with Crippen molar-refractivity contribution >= 4 is 5.97 Å². The molecule has 1 rings (SSSR count). The zero-order chi connectivity index (χ0) is 12.1. The van der Waals surface area contributed by atoms with E-state index in [-0.39, 0.29) is 12.2 Å². The molecule has 0 aliphatic carbocycles. The predicted octanol–water partition coefficient (Wildman–Crippen LogP) is 2.49. The molecule has 1 aromatic rings. The van der Waals surface area contributed by atoms with Crippen molar-refractivity contribution in [1.29, 1.82) is 0 Å². The van der Waals surface area contributed by atoms with E-state index in [2.05, 4.69) is 0 Å².